The molecule has 1 aliphatic rings. The number of aryl methyl sites for hydroxylation is 2. The molecule has 0 bridgehead atoms. The van der Waals surface area contributed by atoms with Crippen molar-refractivity contribution in [1.29, 1.82) is 0 Å². The third-order valence-electron chi connectivity index (χ3n) is 6.59. The Morgan fingerprint density at radius 2 is 1.80 bits per heavy atom. The zero-order valence-electron chi connectivity index (χ0n) is 21.0. The molecule has 4 rings (SSSR count). The molecule has 3 aromatic rings. The van der Waals surface area contributed by atoms with Gasteiger partial charge in [-0.1, -0.05) is 26.0 Å². The van der Waals surface area contributed by atoms with Crippen molar-refractivity contribution in [2.75, 3.05) is 31.1 Å². The van der Waals surface area contributed by atoms with E-state index >= 15 is 0 Å². The highest BCUT2D eigenvalue weighted by Crippen LogP contribution is 2.26. The van der Waals surface area contributed by atoms with Crippen LogP contribution in [0.4, 0.5) is 5.69 Å². The van der Waals surface area contributed by atoms with Crippen LogP contribution >= 0.6 is 11.3 Å². The van der Waals surface area contributed by atoms with Crippen LogP contribution in [0, 0.1) is 26.7 Å². The summed E-state index contributed by atoms with van der Waals surface area (Å²) in [5, 5.41) is 0.885. The largest absolute Gasteiger partial charge is 0.368 e. The fourth-order valence-corrected chi connectivity index (χ4v) is 6.75. The molecule has 1 aromatic heterocycles. The first-order chi connectivity index (χ1) is 16.5. The zero-order chi connectivity index (χ0) is 25.3. The van der Waals surface area contributed by atoms with Gasteiger partial charge in [0, 0.05) is 31.9 Å². The SMILES string of the molecule is Cc1nc2ccc(S(=O)(=O)N[C@@H](CC(C)C)C(=O)N3CCN(c4cccc(C)c4C)CC3)cc2s1. The van der Waals surface area contributed by atoms with E-state index in [0.717, 1.165) is 28.3 Å². The molecule has 0 aliphatic carbocycles. The second kappa shape index (κ2) is 10.2. The van der Waals surface area contributed by atoms with Gasteiger partial charge in [0.2, 0.25) is 15.9 Å². The number of nitrogens with one attached hydrogen (secondary N) is 1. The molecule has 1 N–H and O–H groups in total. The second-order valence-corrected chi connectivity index (χ2v) is 12.6. The summed E-state index contributed by atoms with van der Waals surface area (Å²) in [5.41, 5.74) is 4.48. The van der Waals surface area contributed by atoms with Gasteiger partial charge in [-0.3, -0.25) is 4.79 Å². The number of thiazole rings is 1. The van der Waals surface area contributed by atoms with Gasteiger partial charge in [0.05, 0.1) is 20.1 Å². The molecule has 188 valence electrons. The number of anilines is 1. The second-order valence-electron chi connectivity index (χ2n) is 9.70. The smallest absolute Gasteiger partial charge is 0.241 e. The Balaban J connectivity index is 1.49. The van der Waals surface area contributed by atoms with Crippen molar-refractivity contribution in [1.82, 2.24) is 14.6 Å². The Hall–Kier alpha value is -2.49. The maximum atomic E-state index is 13.5. The van der Waals surface area contributed by atoms with E-state index in [4.69, 9.17) is 0 Å². The van der Waals surface area contributed by atoms with Gasteiger partial charge < -0.3 is 9.80 Å². The maximum Gasteiger partial charge on any atom is 0.241 e. The first-order valence-electron chi connectivity index (χ1n) is 12.0. The van der Waals surface area contributed by atoms with Gasteiger partial charge in [-0.15, -0.1) is 11.3 Å². The predicted octanol–water partition coefficient (Wildman–Crippen LogP) is 4.26. The Kier molecular flexibility index (Phi) is 7.49. The standard InChI is InChI=1S/C26H34N4O3S2/c1-17(2)15-23(28-35(32,33)21-9-10-22-25(16-21)34-20(5)27-22)26(31)30-13-11-29(12-14-30)24-8-6-7-18(3)19(24)4/h6-10,16-17,23,28H,11-15H2,1-5H3/t23-/m0/s1. The summed E-state index contributed by atoms with van der Waals surface area (Å²) in [4.78, 5) is 22.2. The Morgan fingerprint density at radius 1 is 1.09 bits per heavy atom. The van der Waals surface area contributed by atoms with Crippen molar-refractivity contribution < 1.29 is 13.2 Å². The lowest BCUT2D eigenvalue weighted by Crippen LogP contribution is -2.55. The molecule has 1 atom stereocenters. The Morgan fingerprint density at radius 3 is 2.49 bits per heavy atom. The molecule has 35 heavy (non-hydrogen) atoms. The number of carbonyl (C=O) groups excluding carboxylic acids is 1. The van der Waals surface area contributed by atoms with Crippen LogP contribution in [0.5, 0.6) is 0 Å². The minimum atomic E-state index is -3.86. The number of benzene rings is 2. The van der Waals surface area contributed by atoms with Crippen molar-refractivity contribution in [2.45, 2.75) is 52.0 Å². The average molecular weight is 515 g/mol. The number of aromatic nitrogens is 1. The normalized spacial score (nSPS) is 15.7. The van der Waals surface area contributed by atoms with Crippen LogP contribution in [0.2, 0.25) is 0 Å². The van der Waals surface area contributed by atoms with Crippen LogP contribution in [0.1, 0.15) is 36.4 Å². The summed E-state index contributed by atoms with van der Waals surface area (Å²) in [6, 6.07) is 10.4. The van der Waals surface area contributed by atoms with E-state index in [1.165, 1.54) is 28.2 Å². The van der Waals surface area contributed by atoms with E-state index in [0.29, 0.717) is 19.5 Å². The number of rotatable bonds is 7. The molecule has 0 saturated carbocycles. The number of piperazine rings is 1. The van der Waals surface area contributed by atoms with Gasteiger partial charge in [-0.2, -0.15) is 4.72 Å². The van der Waals surface area contributed by atoms with Gasteiger partial charge in [0.1, 0.15) is 6.04 Å². The molecule has 1 amide bonds. The number of hydrogen-bond acceptors (Lipinski definition) is 6. The predicted molar refractivity (Wildman–Crippen MR) is 143 cm³/mol. The number of fused-ring (bicyclic) bond motifs is 1. The van der Waals surface area contributed by atoms with Gasteiger partial charge in [-0.05, 0) is 68.5 Å². The van der Waals surface area contributed by atoms with Gasteiger partial charge >= 0.3 is 0 Å². The monoisotopic (exact) mass is 514 g/mol. The molecule has 9 heteroatoms. The first kappa shape index (κ1) is 25.6. The van der Waals surface area contributed by atoms with Gasteiger partial charge in [0.25, 0.3) is 0 Å². The third kappa shape index (κ3) is 5.68. The number of sulfonamides is 1. The van der Waals surface area contributed by atoms with Crippen molar-refractivity contribution in [2.24, 2.45) is 5.92 Å². The van der Waals surface area contributed by atoms with Crippen molar-refractivity contribution in [3.8, 4) is 0 Å². The molecule has 1 saturated heterocycles. The molecule has 1 fully saturated rings. The van der Waals surface area contributed by atoms with E-state index in [9.17, 15) is 13.2 Å². The number of hydrogen-bond donors (Lipinski definition) is 1. The van der Waals surface area contributed by atoms with Crippen LogP contribution in [0.3, 0.4) is 0 Å². The number of amides is 1. The highest BCUT2D eigenvalue weighted by atomic mass is 32.2. The minimum Gasteiger partial charge on any atom is -0.368 e. The van der Waals surface area contributed by atoms with Crippen LogP contribution < -0.4 is 9.62 Å². The molecule has 2 heterocycles. The van der Waals surface area contributed by atoms with Crippen LogP contribution in [-0.2, 0) is 14.8 Å². The highest BCUT2D eigenvalue weighted by molar-refractivity contribution is 7.89. The third-order valence-corrected chi connectivity index (χ3v) is 8.99. The topological polar surface area (TPSA) is 82.6 Å². The van der Waals surface area contributed by atoms with E-state index in [1.807, 2.05) is 20.8 Å². The molecule has 7 nitrogen and oxygen atoms in total. The van der Waals surface area contributed by atoms with Crippen LogP contribution in [0.25, 0.3) is 10.2 Å². The lowest BCUT2D eigenvalue weighted by atomic mass is 10.0. The van der Waals surface area contributed by atoms with E-state index < -0.39 is 16.1 Å². The number of nitrogens with zero attached hydrogens (tertiary/aromatic N) is 3. The van der Waals surface area contributed by atoms with E-state index in [-0.39, 0.29) is 16.7 Å². The highest BCUT2D eigenvalue weighted by Gasteiger charge is 2.32. The van der Waals surface area contributed by atoms with Crippen molar-refractivity contribution in [3.05, 3.63) is 52.5 Å². The fraction of sp³-hybridized carbons (Fsp3) is 0.462. The van der Waals surface area contributed by atoms with Crippen LogP contribution in [-0.4, -0.2) is 56.4 Å². The molecular weight excluding hydrogens is 480 g/mol. The summed E-state index contributed by atoms with van der Waals surface area (Å²) in [6.07, 6.45) is 0.442. The molecule has 0 spiro atoms. The summed E-state index contributed by atoms with van der Waals surface area (Å²) >= 11 is 1.46. The fourth-order valence-electron chi connectivity index (χ4n) is 4.58. The zero-order valence-corrected chi connectivity index (χ0v) is 22.7. The van der Waals surface area contributed by atoms with E-state index in [2.05, 4.69) is 46.7 Å². The minimum absolute atomic E-state index is 0.155. The lowest BCUT2D eigenvalue weighted by Gasteiger charge is -2.38. The molecule has 0 radical (unpaired) electrons. The first-order valence-corrected chi connectivity index (χ1v) is 14.3. The quantitative estimate of drug-likeness (QED) is 0.509. The summed E-state index contributed by atoms with van der Waals surface area (Å²) in [5.74, 6) is 0.00658. The average Bonchev–Trinajstić information content (AvgIpc) is 3.19. The molecule has 2 aromatic carbocycles. The lowest BCUT2D eigenvalue weighted by molar-refractivity contribution is -0.133. The Bertz CT molecular complexity index is 1330. The Labute approximate surface area is 212 Å². The van der Waals surface area contributed by atoms with Gasteiger partial charge in [-0.25, -0.2) is 13.4 Å². The number of carbonyl (C=O) groups is 1. The van der Waals surface area contributed by atoms with Gasteiger partial charge in [0.15, 0.2) is 0 Å². The summed E-state index contributed by atoms with van der Waals surface area (Å²) < 4.78 is 30.1. The summed E-state index contributed by atoms with van der Waals surface area (Å²) in [7, 11) is -3.86. The molecule has 0 unspecified atom stereocenters. The summed E-state index contributed by atoms with van der Waals surface area (Å²) in [6.45, 7) is 12.7. The molecule has 1 aliphatic heterocycles. The molecular formula is C26H34N4O3S2. The van der Waals surface area contributed by atoms with E-state index in [1.54, 1.807) is 23.1 Å². The maximum absolute atomic E-state index is 13.5. The van der Waals surface area contributed by atoms with Crippen molar-refractivity contribution >= 4 is 43.2 Å². The van der Waals surface area contributed by atoms with Crippen molar-refractivity contribution in [3.63, 3.8) is 0 Å². The van der Waals surface area contributed by atoms with Crippen LogP contribution in [0.15, 0.2) is 41.3 Å².